The van der Waals surface area contributed by atoms with Gasteiger partial charge in [-0.25, -0.2) is 0 Å². The van der Waals surface area contributed by atoms with Crippen molar-refractivity contribution in [3.8, 4) is 0 Å². The first-order chi connectivity index (χ1) is 8.69. The number of anilines is 1. The Labute approximate surface area is 121 Å². The Morgan fingerprint density at radius 2 is 2.33 bits per heavy atom. The molecule has 2 aromatic heterocycles. The molecule has 1 amide bonds. The van der Waals surface area contributed by atoms with Gasteiger partial charge in [0.05, 0.1) is 0 Å². The molecule has 0 fully saturated rings. The molecule has 96 valence electrons. The zero-order chi connectivity index (χ0) is 13.0. The van der Waals surface area contributed by atoms with Gasteiger partial charge in [0.2, 0.25) is 5.13 Å². The Morgan fingerprint density at radius 3 is 3.00 bits per heavy atom. The minimum absolute atomic E-state index is 0.222. The largest absolute Gasteiger partial charge is 0.444 e. The molecule has 0 bridgehead atoms. The summed E-state index contributed by atoms with van der Waals surface area (Å²) >= 11 is 10.1. The van der Waals surface area contributed by atoms with Crippen molar-refractivity contribution >= 4 is 49.9 Å². The normalized spacial score (nSPS) is 10.6. The van der Waals surface area contributed by atoms with Crippen LogP contribution in [-0.4, -0.2) is 22.0 Å². The van der Waals surface area contributed by atoms with E-state index < -0.39 is 0 Å². The minimum atomic E-state index is -0.347. The van der Waals surface area contributed by atoms with Gasteiger partial charge < -0.3 is 4.42 Å². The topological polar surface area (TPSA) is 68.0 Å². The van der Waals surface area contributed by atoms with E-state index in [9.17, 15) is 4.79 Å². The van der Waals surface area contributed by atoms with Gasteiger partial charge in [0, 0.05) is 12.3 Å². The minimum Gasteiger partial charge on any atom is -0.444 e. The van der Waals surface area contributed by atoms with E-state index in [0.717, 1.165) is 17.8 Å². The van der Waals surface area contributed by atoms with Crippen molar-refractivity contribution in [1.29, 1.82) is 0 Å². The highest BCUT2D eigenvalue weighted by Gasteiger charge is 2.13. The summed E-state index contributed by atoms with van der Waals surface area (Å²) in [6.45, 7) is 0. The molecule has 0 saturated carbocycles. The molecule has 0 radical (unpaired) electrons. The molecule has 0 aliphatic rings. The molecule has 18 heavy (non-hydrogen) atoms. The lowest BCUT2D eigenvalue weighted by molar-refractivity contribution is 0.0995. The van der Waals surface area contributed by atoms with Crippen LogP contribution in [-0.2, 0) is 6.42 Å². The van der Waals surface area contributed by atoms with Crippen LogP contribution in [0.5, 0.6) is 0 Å². The van der Waals surface area contributed by atoms with Crippen molar-refractivity contribution in [3.05, 3.63) is 27.6 Å². The van der Waals surface area contributed by atoms with E-state index in [0.29, 0.717) is 15.7 Å². The molecule has 2 aromatic rings. The lowest BCUT2D eigenvalue weighted by atomic mass is 10.4. The van der Waals surface area contributed by atoms with Gasteiger partial charge in [-0.05, 0) is 34.5 Å². The predicted octanol–water partition coefficient (Wildman–Crippen LogP) is 3.32. The van der Waals surface area contributed by atoms with Gasteiger partial charge in [0.1, 0.15) is 5.01 Å². The maximum Gasteiger partial charge on any atom is 0.293 e. The molecule has 5 nitrogen and oxygen atoms in total. The molecule has 1 N–H and O–H groups in total. The van der Waals surface area contributed by atoms with Crippen LogP contribution in [0.2, 0.25) is 0 Å². The highest BCUT2D eigenvalue weighted by Crippen LogP contribution is 2.19. The van der Waals surface area contributed by atoms with Crippen molar-refractivity contribution in [2.45, 2.75) is 12.8 Å². The molecule has 2 heterocycles. The molecular weight excluding hydrogens is 342 g/mol. The third-order valence-electron chi connectivity index (χ3n) is 2.01. The Balaban J connectivity index is 1.97. The fourth-order valence-corrected chi connectivity index (χ4v) is 2.44. The van der Waals surface area contributed by atoms with Crippen molar-refractivity contribution in [2.75, 3.05) is 11.2 Å². The number of amides is 1. The summed E-state index contributed by atoms with van der Waals surface area (Å²) in [5, 5.41) is 11.8. The van der Waals surface area contributed by atoms with Crippen LogP contribution < -0.4 is 5.32 Å². The second kappa shape index (κ2) is 6.31. The molecule has 0 unspecified atom stereocenters. The first kappa shape index (κ1) is 13.5. The van der Waals surface area contributed by atoms with Crippen molar-refractivity contribution in [3.63, 3.8) is 0 Å². The fourth-order valence-electron chi connectivity index (χ4n) is 1.22. The predicted molar refractivity (Wildman–Crippen MR) is 73.3 cm³/mol. The van der Waals surface area contributed by atoms with Gasteiger partial charge in [-0.3, -0.25) is 10.1 Å². The van der Waals surface area contributed by atoms with E-state index in [2.05, 4.69) is 31.4 Å². The first-order valence-corrected chi connectivity index (χ1v) is 7.28. The smallest absolute Gasteiger partial charge is 0.293 e. The molecule has 0 aliphatic heterocycles. The molecule has 0 spiro atoms. The Kier molecular flexibility index (Phi) is 4.73. The number of aromatic nitrogens is 2. The van der Waals surface area contributed by atoms with E-state index >= 15 is 0 Å². The van der Waals surface area contributed by atoms with E-state index in [-0.39, 0.29) is 11.7 Å². The number of carbonyl (C=O) groups is 1. The summed E-state index contributed by atoms with van der Waals surface area (Å²) in [5.41, 5.74) is 0. The summed E-state index contributed by atoms with van der Waals surface area (Å²) in [5.74, 6) is 0.460. The zero-order valence-electron chi connectivity index (χ0n) is 9.15. The second-order valence-electron chi connectivity index (χ2n) is 3.35. The van der Waals surface area contributed by atoms with Gasteiger partial charge in [-0.1, -0.05) is 11.3 Å². The molecule has 0 aromatic carbocycles. The Hall–Kier alpha value is -0.920. The number of hydrogen-bond acceptors (Lipinski definition) is 5. The third-order valence-corrected chi connectivity index (χ3v) is 3.60. The summed E-state index contributed by atoms with van der Waals surface area (Å²) in [6, 6.07) is 3.23. The number of hydrogen-bond donors (Lipinski definition) is 1. The number of furan rings is 1. The zero-order valence-corrected chi connectivity index (χ0v) is 12.3. The summed E-state index contributed by atoms with van der Waals surface area (Å²) in [6.07, 6.45) is 1.61. The lowest BCUT2D eigenvalue weighted by Gasteiger charge is -1.96. The van der Waals surface area contributed by atoms with E-state index in [1.807, 2.05) is 0 Å². The SMILES string of the molecule is O=C(Nc1nnc(CCCCl)s1)c1ccc(Br)o1. The van der Waals surface area contributed by atoms with Crippen molar-refractivity contribution in [2.24, 2.45) is 0 Å². The number of halogens is 2. The highest BCUT2D eigenvalue weighted by atomic mass is 79.9. The quantitative estimate of drug-likeness (QED) is 0.840. The van der Waals surface area contributed by atoms with Crippen LogP contribution in [0.3, 0.4) is 0 Å². The summed E-state index contributed by atoms with van der Waals surface area (Å²) < 4.78 is 5.64. The average Bonchev–Trinajstić information content (AvgIpc) is 2.96. The van der Waals surface area contributed by atoms with Crippen LogP contribution in [0.15, 0.2) is 21.2 Å². The van der Waals surface area contributed by atoms with Crippen LogP contribution in [0.4, 0.5) is 5.13 Å². The van der Waals surface area contributed by atoms with Gasteiger partial charge in [-0.2, -0.15) is 0 Å². The molecule has 0 saturated heterocycles. The van der Waals surface area contributed by atoms with E-state index in [1.54, 1.807) is 12.1 Å². The van der Waals surface area contributed by atoms with Crippen LogP contribution >= 0.6 is 38.9 Å². The molecular formula is C10H9BrClN3O2S. The second-order valence-corrected chi connectivity index (χ2v) is 5.57. The van der Waals surface area contributed by atoms with Crippen molar-refractivity contribution < 1.29 is 9.21 Å². The van der Waals surface area contributed by atoms with Crippen LogP contribution in [0.25, 0.3) is 0 Å². The van der Waals surface area contributed by atoms with Gasteiger partial charge in [0.25, 0.3) is 5.91 Å². The third kappa shape index (κ3) is 3.54. The monoisotopic (exact) mass is 349 g/mol. The van der Waals surface area contributed by atoms with Crippen LogP contribution in [0, 0.1) is 0 Å². The fraction of sp³-hybridized carbons (Fsp3) is 0.300. The number of alkyl halides is 1. The maximum absolute atomic E-state index is 11.7. The Morgan fingerprint density at radius 1 is 1.50 bits per heavy atom. The summed E-state index contributed by atoms with van der Waals surface area (Å²) in [4.78, 5) is 11.7. The average molecular weight is 351 g/mol. The van der Waals surface area contributed by atoms with Gasteiger partial charge in [0.15, 0.2) is 10.4 Å². The van der Waals surface area contributed by atoms with E-state index in [4.69, 9.17) is 16.0 Å². The first-order valence-electron chi connectivity index (χ1n) is 5.14. The van der Waals surface area contributed by atoms with E-state index in [1.165, 1.54) is 11.3 Å². The number of nitrogens with one attached hydrogen (secondary N) is 1. The van der Waals surface area contributed by atoms with Crippen molar-refractivity contribution in [1.82, 2.24) is 10.2 Å². The number of rotatable bonds is 5. The molecule has 0 aliphatic carbocycles. The maximum atomic E-state index is 11.7. The highest BCUT2D eigenvalue weighted by molar-refractivity contribution is 9.10. The number of nitrogens with zero attached hydrogens (tertiary/aromatic N) is 2. The molecule has 0 atom stereocenters. The van der Waals surface area contributed by atoms with Crippen LogP contribution in [0.1, 0.15) is 22.0 Å². The number of carbonyl (C=O) groups excluding carboxylic acids is 1. The van der Waals surface area contributed by atoms with Gasteiger partial charge >= 0.3 is 0 Å². The number of aryl methyl sites for hydroxylation is 1. The Bertz CT molecular complexity index is 543. The molecule has 2 rings (SSSR count). The summed E-state index contributed by atoms with van der Waals surface area (Å²) in [7, 11) is 0. The molecule has 8 heteroatoms. The lowest BCUT2D eigenvalue weighted by Crippen LogP contribution is -2.10. The van der Waals surface area contributed by atoms with Gasteiger partial charge in [-0.15, -0.1) is 21.8 Å². The standard InChI is InChI=1S/C10H9BrClN3O2S/c11-7-4-3-6(17-7)9(16)13-10-15-14-8(18-10)2-1-5-12/h3-4H,1-2,5H2,(H,13,15,16).